The number of hydrogen-bond donors (Lipinski definition) is 3. The Morgan fingerprint density at radius 3 is 2.50 bits per heavy atom. The zero-order valence-corrected chi connectivity index (χ0v) is 17.0. The Bertz CT molecular complexity index is 1130. The maximum atomic E-state index is 11.5. The fourth-order valence-electron chi connectivity index (χ4n) is 2.87. The number of ether oxygens (including phenoxy) is 1. The van der Waals surface area contributed by atoms with E-state index in [2.05, 4.69) is 4.98 Å². The number of allylic oxidation sites excluding steroid dienone is 1. The quantitative estimate of drug-likeness (QED) is 0.299. The van der Waals surface area contributed by atoms with Crippen LogP contribution in [0.1, 0.15) is 12.6 Å². The van der Waals surface area contributed by atoms with Crippen molar-refractivity contribution in [2.24, 2.45) is 0 Å². The number of phenols is 1. The summed E-state index contributed by atoms with van der Waals surface area (Å²) in [6, 6.07) is 16.0. The number of nitrogen functional groups attached to an aromatic ring is 1. The minimum Gasteiger partial charge on any atom is -0.507 e. The normalized spacial score (nSPS) is 10.9. The van der Waals surface area contributed by atoms with Crippen LogP contribution in [0.15, 0.2) is 66.7 Å². The molecule has 4 N–H and O–H groups in total. The summed E-state index contributed by atoms with van der Waals surface area (Å²) in [6.45, 7) is 1.95. The summed E-state index contributed by atoms with van der Waals surface area (Å²) < 4.78 is 4.81. The molecule has 0 saturated heterocycles. The molecule has 0 aliphatic carbocycles. The van der Waals surface area contributed by atoms with Gasteiger partial charge in [0.1, 0.15) is 11.4 Å². The van der Waals surface area contributed by atoms with Gasteiger partial charge in [0.05, 0.1) is 28.7 Å². The lowest BCUT2D eigenvalue weighted by Gasteiger charge is -2.11. The molecule has 1 aromatic heterocycles. The van der Waals surface area contributed by atoms with E-state index in [-0.39, 0.29) is 29.4 Å². The first-order chi connectivity index (χ1) is 14.4. The highest BCUT2D eigenvalue weighted by Crippen LogP contribution is 2.33. The third kappa shape index (κ3) is 4.67. The van der Waals surface area contributed by atoms with Gasteiger partial charge in [-0.05, 0) is 30.7 Å². The van der Waals surface area contributed by atoms with Crippen molar-refractivity contribution in [2.45, 2.75) is 6.92 Å². The van der Waals surface area contributed by atoms with Crippen LogP contribution in [-0.4, -0.2) is 28.4 Å². The number of benzene rings is 2. The Morgan fingerprint density at radius 2 is 1.83 bits per heavy atom. The lowest BCUT2D eigenvalue weighted by molar-refractivity contribution is -0.137. The number of esters is 1. The molecule has 0 radical (unpaired) electrons. The smallest absolute Gasteiger partial charge is 0.330 e. The van der Waals surface area contributed by atoms with E-state index in [1.165, 1.54) is 12.1 Å². The van der Waals surface area contributed by atoms with Crippen molar-refractivity contribution in [1.82, 2.24) is 4.98 Å². The van der Waals surface area contributed by atoms with E-state index in [1.54, 1.807) is 19.1 Å². The number of nitrogens with zero attached hydrogens (tertiary/aromatic N) is 1. The number of anilines is 1. The summed E-state index contributed by atoms with van der Waals surface area (Å²) >= 11 is 6.35. The summed E-state index contributed by atoms with van der Waals surface area (Å²) in [5.41, 5.74) is 9.12. The summed E-state index contributed by atoms with van der Waals surface area (Å²) in [4.78, 5) is 15.9. The van der Waals surface area contributed by atoms with E-state index in [9.17, 15) is 9.90 Å². The molecule has 0 fully saturated rings. The number of aromatic nitrogens is 1. The molecule has 3 rings (SSSR count). The molecule has 152 valence electrons. The lowest BCUT2D eigenvalue weighted by Crippen LogP contribution is -2.07. The number of phenolic OH excluding ortho intramolecular Hbond substituents is 1. The number of aromatic hydroxyl groups is 1. The number of carbonyl (C=O) groups excluding carboxylic acids is 1. The Morgan fingerprint density at radius 1 is 1.17 bits per heavy atom. The number of halogens is 1. The van der Waals surface area contributed by atoms with Gasteiger partial charge in [0.25, 0.3) is 0 Å². The Labute approximate surface area is 179 Å². The molecule has 0 saturated carbocycles. The fraction of sp³-hybridized carbons (Fsp3) is 0.0870. The predicted molar refractivity (Wildman–Crippen MR) is 119 cm³/mol. The summed E-state index contributed by atoms with van der Waals surface area (Å²) in [6.07, 6.45) is 2.44. The number of nitrogens with two attached hydrogens (primary N) is 1. The number of para-hydroxylation sites is 1. The third-order valence-corrected chi connectivity index (χ3v) is 4.59. The molecule has 0 amide bonds. The van der Waals surface area contributed by atoms with Crippen LogP contribution in [0.5, 0.6) is 5.75 Å². The highest BCUT2D eigenvalue weighted by molar-refractivity contribution is 6.33. The Balaban J connectivity index is 1.93. The number of rotatable bonds is 6. The summed E-state index contributed by atoms with van der Waals surface area (Å²) in [5.74, 6) is -0.354. The van der Waals surface area contributed by atoms with E-state index in [0.717, 1.165) is 17.2 Å². The van der Waals surface area contributed by atoms with Crippen molar-refractivity contribution in [3.63, 3.8) is 0 Å². The summed E-state index contributed by atoms with van der Waals surface area (Å²) in [5, 5.41) is 18.6. The Hall–Kier alpha value is -3.64. The Kier molecular flexibility index (Phi) is 6.49. The molecule has 7 heteroatoms. The van der Waals surface area contributed by atoms with Crippen molar-refractivity contribution in [1.29, 1.82) is 5.41 Å². The maximum absolute atomic E-state index is 11.5. The lowest BCUT2D eigenvalue weighted by atomic mass is 10.0. The van der Waals surface area contributed by atoms with Gasteiger partial charge in [-0.25, -0.2) is 9.78 Å². The third-order valence-electron chi connectivity index (χ3n) is 4.31. The first-order valence-electron chi connectivity index (χ1n) is 9.19. The van der Waals surface area contributed by atoms with E-state index < -0.39 is 5.97 Å². The molecule has 0 bridgehead atoms. The average Bonchev–Trinajstić information content (AvgIpc) is 2.73. The SMILES string of the molecule is CCOC(=O)/C=C/C(=N)c1nc(-c2ccc(-c3ccccc3O)cc2)c(Cl)cc1N. The second kappa shape index (κ2) is 9.24. The monoisotopic (exact) mass is 421 g/mol. The minimum absolute atomic E-state index is 0.0377. The molecule has 1 heterocycles. The van der Waals surface area contributed by atoms with Crippen LogP contribution in [-0.2, 0) is 9.53 Å². The number of hydrogen-bond acceptors (Lipinski definition) is 6. The first-order valence-corrected chi connectivity index (χ1v) is 9.57. The molecule has 0 atom stereocenters. The molecule has 0 spiro atoms. The van der Waals surface area contributed by atoms with E-state index in [4.69, 9.17) is 27.5 Å². The van der Waals surface area contributed by atoms with Crippen molar-refractivity contribution >= 4 is 29.0 Å². The second-order valence-electron chi connectivity index (χ2n) is 6.35. The van der Waals surface area contributed by atoms with Gasteiger partial charge in [-0.3, -0.25) is 5.41 Å². The standard InChI is InChI=1S/C23H20ClN3O3/c1-2-30-21(29)12-11-18(25)23-19(26)13-17(24)22(27-23)15-9-7-14(8-10-15)16-5-3-4-6-20(16)28/h3-13,25,28H,2,26H2,1H3/b12-11+,25-18?. The first kappa shape index (κ1) is 21.1. The second-order valence-corrected chi connectivity index (χ2v) is 6.76. The van der Waals surface area contributed by atoms with Crippen LogP contribution in [0, 0.1) is 5.41 Å². The summed E-state index contributed by atoms with van der Waals surface area (Å²) in [7, 11) is 0. The number of pyridine rings is 1. The predicted octanol–water partition coefficient (Wildman–Crippen LogP) is 4.84. The van der Waals surface area contributed by atoms with Crippen molar-refractivity contribution in [2.75, 3.05) is 12.3 Å². The number of carbonyl (C=O) groups is 1. The molecule has 6 nitrogen and oxygen atoms in total. The van der Waals surface area contributed by atoms with Gasteiger partial charge >= 0.3 is 5.97 Å². The topological polar surface area (TPSA) is 109 Å². The molecule has 0 aliphatic rings. The van der Waals surface area contributed by atoms with E-state index in [0.29, 0.717) is 16.3 Å². The van der Waals surface area contributed by atoms with Gasteiger partial charge in [0, 0.05) is 17.2 Å². The molecular weight excluding hydrogens is 402 g/mol. The van der Waals surface area contributed by atoms with Crippen LogP contribution < -0.4 is 5.73 Å². The average molecular weight is 422 g/mol. The largest absolute Gasteiger partial charge is 0.507 e. The van der Waals surface area contributed by atoms with Crippen LogP contribution >= 0.6 is 11.6 Å². The van der Waals surface area contributed by atoms with Crippen molar-refractivity contribution in [3.8, 4) is 28.1 Å². The van der Waals surface area contributed by atoms with Crippen LogP contribution in [0.3, 0.4) is 0 Å². The van der Waals surface area contributed by atoms with E-state index in [1.807, 2.05) is 36.4 Å². The van der Waals surface area contributed by atoms with Gasteiger partial charge in [0.2, 0.25) is 0 Å². The molecular formula is C23H20ClN3O3. The van der Waals surface area contributed by atoms with E-state index >= 15 is 0 Å². The molecule has 30 heavy (non-hydrogen) atoms. The molecule has 0 aliphatic heterocycles. The molecule has 2 aromatic carbocycles. The van der Waals surface area contributed by atoms with Gasteiger partial charge in [-0.15, -0.1) is 0 Å². The van der Waals surface area contributed by atoms with Gasteiger partial charge in [0.15, 0.2) is 0 Å². The molecule has 0 unspecified atom stereocenters. The fourth-order valence-corrected chi connectivity index (χ4v) is 3.14. The van der Waals surface area contributed by atoms with Crippen LogP contribution in [0.25, 0.3) is 22.4 Å². The van der Waals surface area contributed by atoms with Gasteiger partial charge < -0.3 is 15.6 Å². The van der Waals surface area contributed by atoms with Gasteiger partial charge in [-0.2, -0.15) is 0 Å². The van der Waals surface area contributed by atoms with Crippen LogP contribution in [0.2, 0.25) is 5.02 Å². The van der Waals surface area contributed by atoms with Gasteiger partial charge in [-0.1, -0.05) is 54.1 Å². The zero-order valence-electron chi connectivity index (χ0n) is 16.2. The molecule has 3 aromatic rings. The van der Waals surface area contributed by atoms with Crippen molar-refractivity contribution < 1.29 is 14.6 Å². The number of nitrogens with one attached hydrogen (secondary N) is 1. The maximum Gasteiger partial charge on any atom is 0.330 e. The highest BCUT2D eigenvalue weighted by atomic mass is 35.5. The highest BCUT2D eigenvalue weighted by Gasteiger charge is 2.14. The van der Waals surface area contributed by atoms with Crippen LogP contribution in [0.4, 0.5) is 5.69 Å². The minimum atomic E-state index is -0.547. The zero-order chi connectivity index (χ0) is 21.7. The van der Waals surface area contributed by atoms with Crippen molar-refractivity contribution in [3.05, 3.63) is 77.5 Å².